The third-order valence-corrected chi connectivity index (χ3v) is 4.17. The van der Waals surface area contributed by atoms with Crippen LogP contribution in [0.3, 0.4) is 0 Å². The molecule has 2 N–H and O–H groups in total. The standard InChI is InChI=1S/C15H29N3O3/c1-2-18-8-10-21-14(12-18)11-17-15(19)5-9-20-13-3-6-16-7-4-13/h13-14,16H,2-12H2,1H3,(H,17,19). The molecule has 2 fully saturated rings. The molecule has 0 aromatic rings. The molecule has 2 rings (SSSR count). The van der Waals surface area contributed by atoms with Crippen molar-refractivity contribution in [2.45, 2.75) is 38.4 Å². The lowest BCUT2D eigenvalue weighted by atomic mass is 10.1. The van der Waals surface area contributed by atoms with Gasteiger partial charge in [0.2, 0.25) is 5.91 Å². The molecule has 6 nitrogen and oxygen atoms in total. The maximum atomic E-state index is 11.8. The van der Waals surface area contributed by atoms with Crippen LogP contribution in [-0.4, -0.2) is 75.5 Å². The molecule has 6 heteroatoms. The highest BCUT2D eigenvalue weighted by Gasteiger charge is 2.19. The lowest BCUT2D eigenvalue weighted by Crippen LogP contribution is -2.47. The van der Waals surface area contributed by atoms with Gasteiger partial charge >= 0.3 is 0 Å². The van der Waals surface area contributed by atoms with Crippen molar-refractivity contribution in [3.8, 4) is 0 Å². The van der Waals surface area contributed by atoms with Crippen LogP contribution in [0.5, 0.6) is 0 Å². The molecule has 0 aromatic heterocycles. The van der Waals surface area contributed by atoms with Gasteiger partial charge < -0.3 is 20.1 Å². The number of nitrogens with zero attached hydrogens (tertiary/aromatic N) is 1. The molecule has 2 heterocycles. The SMILES string of the molecule is CCN1CCOC(CNC(=O)CCOC2CCNCC2)C1. The number of amides is 1. The van der Waals surface area contributed by atoms with Gasteiger partial charge in [0, 0.05) is 26.1 Å². The maximum absolute atomic E-state index is 11.8. The Morgan fingerprint density at radius 2 is 2.24 bits per heavy atom. The Morgan fingerprint density at radius 3 is 3.00 bits per heavy atom. The summed E-state index contributed by atoms with van der Waals surface area (Å²) < 4.78 is 11.4. The normalized spacial score (nSPS) is 24.9. The van der Waals surface area contributed by atoms with Crippen LogP contribution in [-0.2, 0) is 14.3 Å². The fourth-order valence-electron chi connectivity index (χ4n) is 2.79. The second kappa shape index (κ2) is 9.35. The van der Waals surface area contributed by atoms with E-state index in [2.05, 4.69) is 22.5 Å². The van der Waals surface area contributed by atoms with E-state index in [1.165, 1.54) is 0 Å². The number of rotatable bonds is 7. The minimum Gasteiger partial charge on any atom is -0.378 e. The zero-order valence-electron chi connectivity index (χ0n) is 13.1. The first-order valence-electron chi connectivity index (χ1n) is 8.21. The number of ether oxygens (including phenoxy) is 2. The van der Waals surface area contributed by atoms with E-state index in [1.54, 1.807) is 0 Å². The summed E-state index contributed by atoms with van der Waals surface area (Å²) in [4.78, 5) is 14.2. The van der Waals surface area contributed by atoms with Gasteiger partial charge in [0.1, 0.15) is 0 Å². The van der Waals surface area contributed by atoms with Crippen molar-refractivity contribution < 1.29 is 14.3 Å². The average molecular weight is 299 g/mol. The maximum Gasteiger partial charge on any atom is 0.222 e. The summed E-state index contributed by atoms with van der Waals surface area (Å²) in [5.41, 5.74) is 0. The first kappa shape index (κ1) is 16.7. The van der Waals surface area contributed by atoms with Gasteiger partial charge in [-0.25, -0.2) is 0 Å². The molecule has 0 aromatic carbocycles. The predicted octanol–water partition coefficient (Wildman–Crippen LogP) is -0.0180. The molecule has 0 radical (unpaired) electrons. The second-order valence-electron chi connectivity index (χ2n) is 5.76. The molecule has 122 valence electrons. The number of hydrogen-bond donors (Lipinski definition) is 2. The summed E-state index contributed by atoms with van der Waals surface area (Å²) in [6.07, 6.45) is 2.97. The molecule has 0 saturated carbocycles. The van der Waals surface area contributed by atoms with Gasteiger partial charge in [-0.2, -0.15) is 0 Å². The van der Waals surface area contributed by atoms with Crippen LogP contribution in [0.15, 0.2) is 0 Å². The molecule has 2 saturated heterocycles. The van der Waals surface area contributed by atoms with Crippen LogP contribution < -0.4 is 10.6 Å². The van der Waals surface area contributed by atoms with Crippen LogP contribution >= 0.6 is 0 Å². The van der Waals surface area contributed by atoms with Gasteiger partial charge in [-0.15, -0.1) is 0 Å². The zero-order valence-corrected chi connectivity index (χ0v) is 13.1. The van der Waals surface area contributed by atoms with E-state index in [9.17, 15) is 4.79 Å². The minimum absolute atomic E-state index is 0.0566. The van der Waals surface area contributed by atoms with Crippen LogP contribution in [0.4, 0.5) is 0 Å². The van der Waals surface area contributed by atoms with E-state index in [1.807, 2.05) is 0 Å². The van der Waals surface area contributed by atoms with Gasteiger partial charge in [0.25, 0.3) is 0 Å². The summed E-state index contributed by atoms with van der Waals surface area (Å²) in [7, 11) is 0. The van der Waals surface area contributed by atoms with Crippen molar-refractivity contribution in [1.29, 1.82) is 0 Å². The number of morpholine rings is 1. The van der Waals surface area contributed by atoms with E-state index in [4.69, 9.17) is 9.47 Å². The summed E-state index contributed by atoms with van der Waals surface area (Å²) in [6.45, 7) is 9.00. The van der Waals surface area contributed by atoms with Crippen LogP contribution in [0.25, 0.3) is 0 Å². The number of piperidine rings is 1. The quantitative estimate of drug-likeness (QED) is 0.692. The van der Waals surface area contributed by atoms with Gasteiger partial charge in [0.15, 0.2) is 0 Å². The van der Waals surface area contributed by atoms with E-state index in [0.29, 0.717) is 25.7 Å². The molecular formula is C15H29N3O3. The van der Waals surface area contributed by atoms with E-state index < -0.39 is 0 Å². The predicted molar refractivity (Wildman–Crippen MR) is 81.3 cm³/mol. The van der Waals surface area contributed by atoms with Gasteiger partial charge in [-0.1, -0.05) is 6.92 Å². The Hall–Kier alpha value is -0.690. The zero-order chi connectivity index (χ0) is 14.9. The third kappa shape index (κ3) is 6.30. The van der Waals surface area contributed by atoms with Crippen molar-refractivity contribution in [3.63, 3.8) is 0 Å². The van der Waals surface area contributed by atoms with Gasteiger partial charge in [-0.05, 0) is 32.5 Å². The van der Waals surface area contributed by atoms with E-state index >= 15 is 0 Å². The number of carbonyl (C=O) groups is 1. The average Bonchev–Trinajstić information content (AvgIpc) is 2.54. The first-order valence-corrected chi connectivity index (χ1v) is 8.21. The summed E-state index contributed by atoms with van der Waals surface area (Å²) >= 11 is 0. The fourth-order valence-corrected chi connectivity index (χ4v) is 2.79. The Labute approximate surface area is 127 Å². The third-order valence-electron chi connectivity index (χ3n) is 4.17. The number of likely N-dealkylation sites (N-methyl/N-ethyl adjacent to an activating group) is 1. The Balaban J connectivity index is 1.52. The van der Waals surface area contributed by atoms with Crippen molar-refractivity contribution in [2.75, 3.05) is 52.5 Å². The van der Waals surface area contributed by atoms with Crippen molar-refractivity contribution in [1.82, 2.24) is 15.5 Å². The summed E-state index contributed by atoms with van der Waals surface area (Å²) in [6, 6.07) is 0. The molecule has 2 aliphatic heterocycles. The molecule has 1 amide bonds. The largest absolute Gasteiger partial charge is 0.378 e. The summed E-state index contributed by atoms with van der Waals surface area (Å²) in [5, 5.41) is 6.25. The highest BCUT2D eigenvalue weighted by molar-refractivity contribution is 5.75. The molecule has 0 spiro atoms. The van der Waals surface area contributed by atoms with Crippen molar-refractivity contribution in [2.24, 2.45) is 0 Å². The van der Waals surface area contributed by atoms with E-state index in [0.717, 1.165) is 52.2 Å². The molecule has 2 aliphatic rings. The molecule has 0 aliphatic carbocycles. The van der Waals surface area contributed by atoms with Crippen molar-refractivity contribution >= 4 is 5.91 Å². The molecular weight excluding hydrogens is 270 g/mol. The molecule has 0 bridgehead atoms. The van der Waals surface area contributed by atoms with Crippen LogP contribution in [0.2, 0.25) is 0 Å². The molecule has 21 heavy (non-hydrogen) atoms. The highest BCUT2D eigenvalue weighted by Crippen LogP contribution is 2.07. The Bertz CT molecular complexity index is 309. The van der Waals surface area contributed by atoms with Crippen molar-refractivity contribution in [3.05, 3.63) is 0 Å². The lowest BCUT2D eigenvalue weighted by molar-refractivity contribution is -0.124. The smallest absolute Gasteiger partial charge is 0.222 e. The molecule has 1 atom stereocenters. The number of carbonyl (C=O) groups excluding carboxylic acids is 1. The van der Waals surface area contributed by atoms with E-state index in [-0.39, 0.29) is 12.0 Å². The first-order chi connectivity index (χ1) is 10.3. The minimum atomic E-state index is 0.0566. The lowest BCUT2D eigenvalue weighted by Gasteiger charge is -2.32. The van der Waals surface area contributed by atoms with Gasteiger partial charge in [0.05, 0.1) is 25.4 Å². The van der Waals surface area contributed by atoms with Crippen LogP contribution in [0, 0.1) is 0 Å². The topological polar surface area (TPSA) is 62.8 Å². The fraction of sp³-hybridized carbons (Fsp3) is 0.933. The Morgan fingerprint density at radius 1 is 1.43 bits per heavy atom. The number of nitrogens with one attached hydrogen (secondary N) is 2. The van der Waals surface area contributed by atoms with Gasteiger partial charge in [-0.3, -0.25) is 9.69 Å². The highest BCUT2D eigenvalue weighted by atomic mass is 16.5. The summed E-state index contributed by atoms with van der Waals surface area (Å²) in [5.74, 6) is 0.0566. The van der Waals surface area contributed by atoms with Crippen LogP contribution in [0.1, 0.15) is 26.2 Å². The number of hydrogen-bond acceptors (Lipinski definition) is 5. The Kier molecular flexibility index (Phi) is 7.43. The monoisotopic (exact) mass is 299 g/mol. The second-order valence-corrected chi connectivity index (χ2v) is 5.76. The molecule has 1 unspecified atom stereocenters.